The molecule has 0 aromatic heterocycles. The van der Waals surface area contributed by atoms with Crippen molar-refractivity contribution in [1.29, 1.82) is 0 Å². The summed E-state index contributed by atoms with van der Waals surface area (Å²) in [6.07, 6.45) is 1.42. The van der Waals surface area contributed by atoms with Gasteiger partial charge >= 0.3 is 0 Å². The number of rotatable bonds is 5. The van der Waals surface area contributed by atoms with Crippen molar-refractivity contribution in [3.63, 3.8) is 0 Å². The third-order valence-corrected chi connectivity index (χ3v) is 5.98. The minimum atomic E-state index is -0.212. The number of fused-ring (bicyclic) bond motifs is 1. The first-order valence-corrected chi connectivity index (χ1v) is 10.9. The Hall–Kier alpha value is -3.80. The summed E-state index contributed by atoms with van der Waals surface area (Å²) in [6, 6.07) is 25.0. The minimum Gasteiger partial charge on any atom is -0.489 e. The standard InChI is InChI=1S/C26H25N3O3/c30-25-15-8-16-28(25)21-12-5-4-11-20(21)27-17-26(31)29-22-13-6-7-14-24(22)32-18-23(29)19-9-2-1-3-10-19/h1-7,9-14,23,27H,8,15-18H2/t23-/m1/s1. The van der Waals surface area contributed by atoms with Crippen molar-refractivity contribution in [3.8, 4) is 5.75 Å². The zero-order chi connectivity index (χ0) is 21.9. The second-order valence-corrected chi connectivity index (χ2v) is 7.99. The maximum Gasteiger partial charge on any atom is 0.247 e. The molecule has 2 heterocycles. The van der Waals surface area contributed by atoms with Crippen molar-refractivity contribution in [1.82, 2.24) is 0 Å². The van der Waals surface area contributed by atoms with Crippen molar-refractivity contribution < 1.29 is 14.3 Å². The predicted octanol–water partition coefficient (Wildman–Crippen LogP) is 4.39. The van der Waals surface area contributed by atoms with Gasteiger partial charge in [-0.25, -0.2) is 0 Å². The maximum absolute atomic E-state index is 13.5. The van der Waals surface area contributed by atoms with Gasteiger partial charge in [0.05, 0.1) is 29.6 Å². The van der Waals surface area contributed by atoms with E-state index >= 15 is 0 Å². The molecule has 0 saturated carbocycles. The largest absolute Gasteiger partial charge is 0.489 e. The van der Waals surface area contributed by atoms with Crippen LogP contribution in [0.4, 0.5) is 17.1 Å². The Bertz CT molecular complexity index is 1130. The smallest absolute Gasteiger partial charge is 0.247 e. The molecule has 6 nitrogen and oxygen atoms in total. The molecule has 1 N–H and O–H groups in total. The fraction of sp³-hybridized carbons (Fsp3) is 0.231. The van der Waals surface area contributed by atoms with E-state index in [2.05, 4.69) is 5.32 Å². The zero-order valence-corrected chi connectivity index (χ0v) is 17.7. The van der Waals surface area contributed by atoms with Crippen LogP contribution >= 0.6 is 0 Å². The third kappa shape index (κ3) is 3.80. The number of hydrogen-bond acceptors (Lipinski definition) is 4. The van der Waals surface area contributed by atoms with Crippen LogP contribution < -0.4 is 19.9 Å². The summed E-state index contributed by atoms with van der Waals surface area (Å²) in [6.45, 7) is 1.21. The molecule has 6 heteroatoms. The number of para-hydroxylation sites is 4. The topological polar surface area (TPSA) is 61.9 Å². The van der Waals surface area contributed by atoms with Crippen LogP contribution in [0.2, 0.25) is 0 Å². The van der Waals surface area contributed by atoms with E-state index in [1.165, 1.54) is 0 Å². The van der Waals surface area contributed by atoms with Crippen LogP contribution in [0.25, 0.3) is 0 Å². The number of nitrogens with one attached hydrogen (secondary N) is 1. The zero-order valence-electron chi connectivity index (χ0n) is 17.7. The summed E-state index contributed by atoms with van der Waals surface area (Å²) >= 11 is 0. The number of carbonyl (C=O) groups is 2. The van der Waals surface area contributed by atoms with Gasteiger partial charge in [0.25, 0.3) is 0 Å². The minimum absolute atomic E-state index is 0.0582. The molecule has 1 saturated heterocycles. The molecule has 0 spiro atoms. The Morgan fingerprint density at radius 1 is 0.938 bits per heavy atom. The average molecular weight is 428 g/mol. The quantitative estimate of drug-likeness (QED) is 0.656. The van der Waals surface area contributed by atoms with Crippen LogP contribution in [0.3, 0.4) is 0 Å². The second kappa shape index (κ2) is 8.75. The number of amides is 2. The van der Waals surface area contributed by atoms with E-state index < -0.39 is 0 Å². The third-order valence-electron chi connectivity index (χ3n) is 5.98. The molecular formula is C26H25N3O3. The molecule has 0 bridgehead atoms. The Balaban J connectivity index is 1.41. The fourth-order valence-electron chi connectivity index (χ4n) is 4.44. The lowest BCUT2D eigenvalue weighted by Crippen LogP contribution is -2.43. The van der Waals surface area contributed by atoms with E-state index in [0.717, 1.165) is 29.0 Å². The van der Waals surface area contributed by atoms with Gasteiger partial charge in [0, 0.05) is 13.0 Å². The van der Waals surface area contributed by atoms with Gasteiger partial charge in [-0.2, -0.15) is 0 Å². The summed E-state index contributed by atoms with van der Waals surface area (Å²) < 4.78 is 5.97. The number of anilines is 3. The first-order chi connectivity index (χ1) is 15.7. The first-order valence-electron chi connectivity index (χ1n) is 10.9. The van der Waals surface area contributed by atoms with Gasteiger partial charge in [-0.1, -0.05) is 54.6 Å². The molecule has 0 aliphatic carbocycles. The van der Waals surface area contributed by atoms with Gasteiger partial charge in [-0.3, -0.25) is 14.5 Å². The molecule has 162 valence electrons. The maximum atomic E-state index is 13.5. The van der Waals surface area contributed by atoms with E-state index in [-0.39, 0.29) is 24.4 Å². The van der Waals surface area contributed by atoms with Gasteiger partial charge in [0.1, 0.15) is 12.4 Å². The summed E-state index contributed by atoms with van der Waals surface area (Å²) in [5.74, 6) is 0.769. The summed E-state index contributed by atoms with van der Waals surface area (Å²) in [5, 5.41) is 3.28. The molecular weight excluding hydrogens is 402 g/mol. The van der Waals surface area contributed by atoms with E-state index in [1.807, 2.05) is 83.8 Å². The van der Waals surface area contributed by atoms with Gasteiger partial charge in [-0.15, -0.1) is 0 Å². The van der Waals surface area contributed by atoms with Crippen molar-refractivity contribution in [2.45, 2.75) is 18.9 Å². The Morgan fingerprint density at radius 2 is 1.66 bits per heavy atom. The number of benzene rings is 3. The van der Waals surface area contributed by atoms with Gasteiger partial charge < -0.3 is 15.0 Å². The summed E-state index contributed by atoms with van der Waals surface area (Å²) in [5.41, 5.74) is 3.40. The Labute approximate surface area is 187 Å². The van der Waals surface area contributed by atoms with Crippen LogP contribution in [0.5, 0.6) is 5.75 Å². The van der Waals surface area contributed by atoms with Crippen LogP contribution in [-0.2, 0) is 9.59 Å². The van der Waals surface area contributed by atoms with Crippen molar-refractivity contribution in [2.24, 2.45) is 0 Å². The van der Waals surface area contributed by atoms with Crippen molar-refractivity contribution >= 4 is 28.9 Å². The van der Waals surface area contributed by atoms with Crippen LogP contribution in [0, 0.1) is 0 Å². The number of nitrogens with zero attached hydrogens (tertiary/aromatic N) is 2. The highest BCUT2D eigenvalue weighted by Crippen LogP contribution is 2.39. The molecule has 5 rings (SSSR count). The van der Waals surface area contributed by atoms with E-state index in [4.69, 9.17) is 4.74 Å². The molecule has 0 radical (unpaired) electrons. The normalized spacial score (nSPS) is 17.6. The van der Waals surface area contributed by atoms with Gasteiger partial charge in [0.2, 0.25) is 11.8 Å². The summed E-state index contributed by atoms with van der Waals surface area (Å²) in [4.78, 5) is 29.4. The number of hydrogen-bond donors (Lipinski definition) is 1. The molecule has 1 fully saturated rings. The molecule has 2 aliphatic rings. The van der Waals surface area contributed by atoms with Gasteiger partial charge in [-0.05, 0) is 36.2 Å². The molecule has 3 aromatic carbocycles. The monoisotopic (exact) mass is 427 g/mol. The highest BCUT2D eigenvalue weighted by Gasteiger charge is 2.33. The lowest BCUT2D eigenvalue weighted by molar-refractivity contribution is -0.118. The molecule has 2 aliphatic heterocycles. The first kappa shape index (κ1) is 20.1. The Morgan fingerprint density at radius 3 is 2.44 bits per heavy atom. The van der Waals surface area contributed by atoms with Crippen molar-refractivity contribution in [3.05, 3.63) is 84.4 Å². The average Bonchev–Trinajstić information content (AvgIpc) is 3.28. The van der Waals surface area contributed by atoms with Crippen LogP contribution in [0.15, 0.2) is 78.9 Å². The highest BCUT2D eigenvalue weighted by atomic mass is 16.5. The summed E-state index contributed by atoms with van der Waals surface area (Å²) in [7, 11) is 0. The van der Waals surface area contributed by atoms with Crippen molar-refractivity contribution in [2.75, 3.05) is 34.8 Å². The predicted molar refractivity (Wildman–Crippen MR) is 125 cm³/mol. The molecule has 1 atom stereocenters. The fourth-order valence-corrected chi connectivity index (χ4v) is 4.44. The molecule has 2 amide bonds. The SMILES string of the molecule is O=C1CCCN1c1ccccc1NCC(=O)N1c2ccccc2OC[C@@H]1c1ccccc1. The highest BCUT2D eigenvalue weighted by molar-refractivity contribution is 6.01. The second-order valence-electron chi connectivity index (χ2n) is 7.99. The lowest BCUT2D eigenvalue weighted by atomic mass is 10.0. The van der Waals surface area contributed by atoms with E-state index in [1.54, 1.807) is 4.90 Å². The molecule has 3 aromatic rings. The Kier molecular flexibility index (Phi) is 5.50. The van der Waals surface area contributed by atoms with E-state index in [9.17, 15) is 9.59 Å². The number of ether oxygens (including phenoxy) is 1. The molecule has 0 unspecified atom stereocenters. The number of carbonyl (C=O) groups excluding carboxylic acids is 2. The van der Waals surface area contributed by atoms with Crippen LogP contribution in [0.1, 0.15) is 24.4 Å². The van der Waals surface area contributed by atoms with Crippen LogP contribution in [-0.4, -0.2) is 31.5 Å². The van der Waals surface area contributed by atoms with E-state index in [0.29, 0.717) is 25.3 Å². The van der Waals surface area contributed by atoms with Gasteiger partial charge in [0.15, 0.2) is 0 Å². The lowest BCUT2D eigenvalue weighted by Gasteiger charge is -2.37. The molecule has 32 heavy (non-hydrogen) atoms.